The minimum atomic E-state index is -3.35. The summed E-state index contributed by atoms with van der Waals surface area (Å²) in [5.74, 6) is -0.699. The Balaban J connectivity index is 2.65. The number of sulfonamides is 1. The predicted molar refractivity (Wildman–Crippen MR) is 60.2 cm³/mol. The average Bonchev–Trinajstić information content (AvgIpc) is 2.27. The molecule has 0 saturated carbocycles. The van der Waals surface area contributed by atoms with Crippen LogP contribution in [0.2, 0.25) is 0 Å². The lowest BCUT2D eigenvalue weighted by atomic mass is 10.0. The summed E-state index contributed by atoms with van der Waals surface area (Å²) in [6.45, 7) is 5.26. The largest absolute Gasteiger partial charge is 0.379 e. The molecule has 1 unspecified atom stereocenters. The highest BCUT2D eigenvalue weighted by Gasteiger charge is 2.29. The van der Waals surface area contributed by atoms with Crippen LogP contribution >= 0.6 is 0 Å². The molecule has 1 heterocycles. The second-order valence-electron chi connectivity index (χ2n) is 4.26. The van der Waals surface area contributed by atoms with Crippen LogP contribution in [-0.2, 0) is 19.6 Å². The molecule has 1 rings (SSSR count). The Morgan fingerprint density at radius 2 is 1.88 bits per heavy atom. The highest BCUT2D eigenvalue weighted by atomic mass is 32.2. The van der Waals surface area contributed by atoms with E-state index < -0.39 is 15.9 Å². The summed E-state index contributed by atoms with van der Waals surface area (Å²) in [5.41, 5.74) is 0. The second kappa shape index (κ2) is 5.75. The van der Waals surface area contributed by atoms with E-state index in [4.69, 9.17) is 4.74 Å². The Bertz CT molecular complexity index is 320. The molecule has 93 valence electrons. The van der Waals surface area contributed by atoms with E-state index in [1.807, 2.05) is 20.1 Å². The highest BCUT2D eigenvalue weighted by molar-refractivity contribution is 7.89. The molecule has 0 bridgehead atoms. The van der Waals surface area contributed by atoms with Gasteiger partial charge >= 0.3 is 0 Å². The summed E-state index contributed by atoms with van der Waals surface area (Å²) in [6, 6.07) is 0. The van der Waals surface area contributed by atoms with Gasteiger partial charge in [0.15, 0.2) is 0 Å². The molecule has 5 nitrogen and oxygen atoms in total. The van der Waals surface area contributed by atoms with E-state index in [9.17, 15) is 13.2 Å². The molecule has 0 aromatic rings. The van der Waals surface area contributed by atoms with Gasteiger partial charge < -0.3 is 4.74 Å². The van der Waals surface area contributed by atoms with Crippen molar-refractivity contribution in [3.05, 3.63) is 0 Å². The Morgan fingerprint density at radius 3 is 2.31 bits per heavy atom. The van der Waals surface area contributed by atoms with Crippen LogP contribution in [0.4, 0.5) is 0 Å². The molecule has 0 aromatic heterocycles. The van der Waals surface area contributed by atoms with Gasteiger partial charge in [0.1, 0.15) is 0 Å². The molecule has 16 heavy (non-hydrogen) atoms. The van der Waals surface area contributed by atoms with Gasteiger partial charge in [0.25, 0.3) is 0 Å². The third-order valence-corrected chi connectivity index (χ3v) is 4.64. The third kappa shape index (κ3) is 3.54. The fraction of sp³-hybridized carbons (Fsp3) is 0.900. The van der Waals surface area contributed by atoms with Crippen molar-refractivity contribution in [1.29, 1.82) is 0 Å². The lowest BCUT2D eigenvalue weighted by molar-refractivity contribution is 0.0729. The van der Waals surface area contributed by atoms with Gasteiger partial charge in [-0.25, -0.2) is 8.42 Å². The zero-order valence-corrected chi connectivity index (χ0v) is 10.5. The van der Waals surface area contributed by atoms with Gasteiger partial charge in [-0.05, 0) is 5.92 Å². The van der Waals surface area contributed by atoms with Gasteiger partial charge in [0.2, 0.25) is 16.3 Å². The number of morpholine rings is 1. The molecule has 1 fully saturated rings. The molecule has 0 spiro atoms. The van der Waals surface area contributed by atoms with Gasteiger partial charge in [-0.2, -0.15) is 4.31 Å². The van der Waals surface area contributed by atoms with Crippen molar-refractivity contribution in [1.82, 2.24) is 4.31 Å². The van der Waals surface area contributed by atoms with Crippen LogP contribution in [0, 0.1) is 11.8 Å². The summed E-state index contributed by atoms with van der Waals surface area (Å²) in [7, 11) is -3.35. The fourth-order valence-corrected chi connectivity index (χ4v) is 3.34. The summed E-state index contributed by atoms with van der Waals surface area (Å²) in [4.78, 5) is 10.7. The summed E-state index contributed by atoms with van der Waals surface area (Å²) in [6.07, 6.45) is 1.81. The van der Waals surface area contributed by atoms with E-state index in [1.165, 1.54) is 4.31 Å². The van der Waals surface area contributed by atoms with E-state index in [2.05, 4.69) is 0 Å². The number of hydrogen-bond donors (Lipinski definition) is 0. The zero-order valence-electron chi connectivity index (χ0n) is 9.68. The van der Waals surface area contributed by atoms with E-state index in [-0.39, 0.29) is 11.7 Å². The normalized spacial score (nSPS) is 20.9. The minimum Gasteiger partial charge on any atom is -0.379 e. The van der Waals surface area contributed by atoms with Crippen molar-refractivity contribution in [3.8, 4) is 0 Å². The number of ether oxygens (including phenoxy) is 1. The average molecular weight is 248 g/mol. The first-order valence-electron chi connectivity index (χ1n) is 5.40. The number of rotatable bonds is 5. The van der Waals surface area contributed by atoms with Crippen molar-refractivity contribution >= 4 is 16.3 Å². The SMILES string of the molecule is CC(C)C([C]=O)CS(=O)(=O)N1CCOCC1. The molecule has 1 radical (unpaired) electrons. The Labute approximate surface area is 96.8 Å². The van der Waals surface area contributed by atoms with E-state index in [0.29, 0.717) is 26.3 Å². The smallest absolute Gasteiger partial charge is 0.214 e. The lowest BCUT2D eigenvalue weighted by Crippen LogP contribution is -2.43. The monoisotopic (exact) mass is 248 g/mol. The van der Waals surface area contributed by atoms with Crippen LogP contribution in [0.3, 0.4) is 0 Å². The number of hydrogen-bond acceptors (Lipinski definition) is 4. The quantitative estimate of drug-likeness (QED) is 0.688. The molecule has 1 aliphatic heterocycles. The van der Waals surface area contributed by atoms with E-state index >= 15 is 0 Å². The molecular weight excluding hydrogens is 230 g/mol. The molecule has 0 aliphatic carbocycles. The van der Waals surface area contributed by atoms with Crippen LogP contribution in [0.15, 0.2) is 0 Å². The van der Waals surface area contributed by atoms with Gasteiger partial charge in [0.05, 0.1) is 19.0 Å². The van der Waals surface area contributed by atoms with Crippen LogP contribution in [0.25, 0.3) is 0 Å². The number of carbonyl (C=O) groups excluding carboxylic acids is 1. The first-order valence-corrected chi connectivity index (χ1v) is 7.01. The van der Waals surface area contributed by atoms with Crippen molar-refractivity contribution in [2.45, 2.75) is 13.8 Å². The summed E-state index contributed by atoms with van der Waals surface area (Å²) < 4.78 is 30.4. The first kappa shape index (κ1) is 13.6. The van der Waals surface area contributed by atoms with E-state index in [0.717, 1.165) is 0 Å². The molecule has 0 amide bonds. The molecule has 6 heteroatoms. The van der Waals surface area contributed by atoms with Gasteiger partial charge in [0, 0.05) is 19.0 Å². The molecule has 1 aliphatic rings. The lowest BCUT2D eigenvalue weighted by Gasteiger charge is -2.27. The summed E-state index contributed by atoms with van der Waals surface area (Å²) >= 11 is 0. The van der Waals surface area contributed by atoms with Gasteiger partial charge in [-0.3, -0.25) is 4.79 Å². The van der Waals surface area contributed by atoms with Crippen molar-refractivity contribution in [2.24, 2.45) is 11.8 Å². The maximum absolute atomic E-state index is 12.0. The van der Waals surface area contributed by atoms with Gasteiger partial charge in [-0.15, -0.1) is 0 Å². The second-order valence-corrected chi connectivity index (χ2v) is 6.27. The first-order chi connectivity index (χ1) is 7.47. The van der Waals surface area contributed by atoms with Crippen molar-refractivity contribution in [2.75, 3.05) is 32.1 Å². The minimum absolute atomic E-state index is 0.00619. The highest BCUT2D eigenvalue weighted by Crippen LogP contribution is 2.15. The molecule has 0 N–H and O–H groups in total. The maximum Gasteiger partial charge on any atom is 0.214 e. The third-order valence-electron chi connectivity index (χ3n) is 2.71. The van der Waals surface area contributed by atoms with Crippen molar-refractivity contribution in [3.63, 3.8) is 0 Å². The molecular formula is C10H18NO4S. The zero-order chi connectivity index (χ0) is 12.2. The van der Waals surface area contributed by atoms with E-state index in [1.54, 1.807) is 0 Å². The van der Waals surface area contributed by atoms with Crippen LogP contribution < -0.4 is 0 Å². The van der Waals surface area contributed by atoms with Crippen LogP contribution in [0.5, 0.6) is 0 Å². The standard InChI is InChI=1S/C10H18NO4S/c1-9(2)10(7-12)8-16(13,14)11-3-5-15-6-4-11/h9-10H,3-6,8H2,1-2H3. The Kier molecular flexibility index (Phi) is 4.89. The molecule has 1 atom stereocenters. The number of nitrogens with zero attached hydrogens (tertiary/aromatic N) is 1. The molecule has 0 aromatic carbocycles. The van der Waals surface area contributed by atoms with Crippen LogP contribution in [0.1, 0.15) is 13.8 Å². The summed E-state index contributed by atoms with van der Waals surface area (Å²) in [5, 5.41) is 0. The Hall–Kier alpha value is -0.460. The van der Waals surface area contributed by atoms with Gasteiger partial charge in [-0.1, -0.05) is 13.8 Å². The van der Waals surface area contributed by atoms with Crippen molar-refractivity contribution < 1.29 is 17.9 Å². The van der Waals surface area contributed by atoms with Crippen LogP contribution in [-0.4, -0.2) is 51.1 Å². The topological polar surface area (TPSA) is 63.7 Å². The predicted octanol–water partition coefficient (Wildman–Crippen LogP) is 0.0303. The maximum atomic E-state index is 12.0. The Morgan fingerprint density at radius 1 is 1.31 bits per heavy atom. The molecule has 1 saturated heterocycles. The fourth-order valence-electron chi connectivity index (χ4n) is 1.52.